The Bertz CT molecular complexity index is 812. The minimum absolute atomic E-state index is 0.00816. The van der Waals surface area contributed by atoms with E-state index in [4.69, 9.17) is 14.3 Å². The first-order chi connectivity index (χ1) is 12.5. The second kappa shape index (κ2) is 4.49. The molecule has 2 heteroatoms. The van der Waals surface area contributed by atoms with Gasteiger partial charge in [0.2, 0.25) is 0 Å². The van der Waals surface area contributed by atoms with E-state index in [1.807, 2.05) is 0 Å². The number of hydrogen-bond donors (Lipinski definition) is 0. The van der Waals surface area contributed by atoms with E-state index in [0.717, 1.165) is 19.3 Å². The van der Waals surface area contributed by atoms with Crippen LogP contribution in [0.5, 0.6) is 5.75 Å². The van der Waals surface area contributed by atoms with E-state index in [1.54, 1.807) is 7.05 Å². The number of hydrogen-bond acceptors (Lipinski definition) is 2. The Labute approximate surface area is 132 Å². The van der Waals surface area contributed by atoms with Gasteiger partial charge in [-0.2, -0.15) is 0 Å². The lowest BCUT2D eigenvalue weighted by Crippen LogP contribution is -2.59. The zero-order chi connectivity index (χ0) is 19.9. The SMILES string of the molecule is [2H]c1c([2H])c(OC)c([2H])c2c1C[C@H]1C3CCCC[C@@]23C([2H])([2H])C([2H])([2H])N1C. The average Bonchev–Trinajstić information content (AvgIpc) is 2.63. The standard InChI is InChI=1S/C18H25NO/c1-19-10-9-18-8-4-3-5-15(18)17(19)11-13-6-7-14(20-2)12-16(13)18/h6-7,12,15,17H,3-5,8-11H2,1-2H3/t15?,17-,18-/m0/s1/i6D,7D,9D2,10D2,12D. The average molecular weight is 278 g/mol. The summed E-state index contributed by atoms with van der Waals surface area (Å²) in [5.74, 6) is -0.126. The zero-order valence-electron chi connectivity index (χ0n) is 19.0. The number of ether oxygens (including phenoxy) is 1. The highest BCUT2D eigenvalue weighted by Crippen LogP contribution is 2.55. The molecule has 108 valence electrons. The van der Waals surface area contributed by atoms with Crippen LogP contribution in [-0.4, -0.2) is 31.6 Å². The summed E-state index contributed by atoms with van der Waals surface area (Å²) < 4.78 is 65.8. The fraction of sp³-hybridized carbons (Fsp3) is 0.667. The molecular weight excluding hydrogens is 246 g/mol. The maximum Gasteiger partial charge on any atom is 0.119 e. The lowest BCUT2D eigenvalue weighted by atomic mass is 9.52. The third kappa shape index (κ3) is 1.60. The summed E-state index contributed by atoms with van der Waals surface area (Å²) >= 11 is 0. The van der Waals surface area contributed by atoms with Crippen molar-refractivity contribution in [2.45, 2.75) is 49.9 Å². The third-order valence-corrected chi connectivity index (χ3v) is 5.32. The Morgan fingerprint density at radius 1 is 1.45 bits per heavy atom. The van der Waals surface area contributed by atoms with Crippen LogP contribution in [-0.2, 0) is 11.8 Å². The van der Waals surface area contributed by atoms with Gasteiger partial charge >= 0.3 is 0 Å². The van der Waals surface area contributed by atoms with Crippen molar-refractivity contribution >= 4 is 0 Å². The van der Waals surface area contributed by atoms with Crippen LogP contribution in [0.25, 0.3) is 0 Å². The van der Waals surface area contributed by atoms with Gasteiger partial charge in [-0.25, -0.2) is 0 Å². The number of likely N-dealkylation sites (tertiary alicyclic amines) is 1. The van der Waals surface area contributed by atoms with E-state index in [1.165, 1.54) is 12.0 Å². The van der Waals surface area contributed by atoms with Crippen molar-refractivity contribution in [2.24, 2.45) is 5.92 Å². The smallest absolute Gasteiger partial charge is 0.119 e. The van der Waals surface area contributed by atoms with Gasteiger partial charge < -0.3 is 9.64 Å². The molecule has 1 saturated carbocycles. The fourth-order valence-corrected chi connectivity index (χ4v) is 4.33. The number of piperidine rings is 1. The van der Waals surface area contributed by atoms with Crippen molar-refractivity contribution in [1.82, 2.24) is 4.90 Å². The summed E-state index contributed by atoms with van der Waals surface area (Å²) in [6.45, 7) is -2.19. The molecule has 0 N–H and O–H groups in total. The molecule has 0 amide bonds. The third-order valence-electron chi connectivity index (χ3n) is 5.32. The van der Waals surface area contributed by atoms with Crippen molar-refractivity contribution in [3.63, 3.8) is 0 Å². The van der Waals surface area contributed by atoms with E-state index in [0.29, 0.717) is 24.0 Å². The quantitative estimate of drug-likeness (QED) is 0.781. The van der Waals surface area contributed by atoms with Gasteiger partial charge in [0.05, 0.1) is 11.2 Å². The molecule has 1 aromatic rings. The molecule has 1 saturated heterocycles. The van der Waals surface area contributed by atoms with Crippen LogP contribution in [0, 0.1) is 5.92 Å². The second-order valence-electron chi connectivity index (χ2n) is 6.20. The number of benzene rings is 1. The summed E-state index contributed by atoms with van der Waals surface area (Å²) in [5.41, 5.74) is -0.226. The van der Waals surface area contributed by atoms with E-state index in [2.05, 4.69) is 0 Å². The molecule has 0 aromatic heterocycles. The normalized spacial score (nSPS) is 46.2. The summed E-state index contributed by atoms with van der Waals surface area (Å²) in [6.07, 6.45) is 1.09. The predicted octanol–water partition coefficient (Wildman–Crippen LogP) is 3.38. The van der Waals surface area contributed by atoms with Crippen LogP contribution < -0.4 is 4.74 Å². The van der Waals surface area contributed by atoms with Crippen molar-refractivity contribution in [3.05, 3.63) is 29.3 Å². The van der Waals surface area contributed by atoms with Crippen LogP contribution in [0.15, 0.2) is 18.1 Å². The number of fused-ring (bicyclic) bond motifs is 1. The van der Waals surface area contributed by atoms with Crippen molar-refractivity contribution in [2.75, 3.05) is 20.7 Å². The van der Waals surface area contributed by atoms with Crippen LogP contribution in [0.4, 0.5) is 0 Å². The summed E-state index contributed by atoms with van der Waals surface area (Å²) in [7, 11) is 2.99. The molecule has 2 nitrogen and oxygen atoms in total. The van der Waals surface area contributed by atoms with Gasteiger partial charge in [0, 0.05) is 16.9 Å². The molecule has 1 unspecified atom stereocenters. The maximum atomic E-state index is 8.95. The van der Waals surface area contributed by atoms with Gasteiger partial charge in [0.15, 0.2) is 0 Å². The molecule has 4 rings (SSSR count). The highest BCUT2D eigenvalue weighted by atomic mass is 16.5. The zero-order valence-corrected chi connectivity index (χ0v) is 12.0. The van der Waals surface area contributed by atoms with E-state index >= 15 is 0 Å². The highest BCUT2D eigenvalue weighted by Gasteiger charge is 2.53. The van der Waals surface area contributed by atoms with Gasteiger partial charge in [-0.1, -0.05) is 18.9 Å². The number of methoxy groups -OCH3 is 1. The summed E-state index contributed by atoms with van der Waals surface area (Å²) in [4.78, 5) is 1.50. The Morgan fingerprint density at radius 2 is 2.35 bits per heavy atom. The van der Waals surface area contributed by atoms with Crippen molar-refractivity contribution in [3.8, 4) is 5.75 Å². The Hall–Kier alpha value is -1.02. The van der Waals surface area contributed by atoms with Crippen molar-refractivity contribution < 1.29 is 14.3 Å². The lowest BCUT2D eigenvalue weighted by Gasteiger charge is -2.58. The lowest BCUT2D eigenvalue weighted by molar-refractivity contribution is 0.00274. The number of nitrogens with zero attached hydrogens (tertiary/aromatic N) is 1. The van der Waals surface area contributed by atoms with Gasteiger partial charge in [-0.15, -0.1) is 0 Å². The van der Waals surface area contributed by atoms with Crippen LogP contribution in [0.2, 0.25) is 0 Å². The maximum absolute atomic E-state index is 8.95. The fourth-order valence-electron chi connectivity index (χ4n) is 4.33. The number of rotatable bonds is 1. The minimum Gasteiger partial charge on any atom is -0.497 e. The summed E-state index contributed by atoms with van der Waals surface area (Å²) in [6, 6.07) is -0.440. The second-order valence-corrected chi connectivity index (χ2v) is 6.20. The molecule has 0 spiro atoms. The molecule has 3 atom stereocenters. The Balaban J connectivity index is 2.14. The van der Waals surface area contributed by atoms with Crippen LogP contribution in [0.1, 0.15) is 52.8 Å². The molecule has 1 aliphatic heterocycles. The van der Waals surface area contributed by atoms with Crippen LogP contribution >= 0.6 is 0 Å². The van der Waals surface area contributed by atoms with Gasteiger partial charge in [-0.05, 0) is 68.3 Å². The molecule has 2 bridgehead atoms. The predicted molar refractivity (Wildman–Crippen MR) is 81.4 cm³/mol. The van der Waals surface area contributed by atoms with E-state index in [9.17, 15) is 0 Å². The first kappa shape index (κ1) is 7.31. The molecule has 0 radical (unpaired) electrons. The van der Waals surface area contributed by atoms with Gasteiger partial charge in [0.25, 0.3) is 0 Å². The summed E-state index contributed by atoms with van der Waals surface area (Å²) in [5, 5.41) is 0. The molecule has 1 aromatic carbocycles. The highest BCUT2D eigenvalue weighted by molar-refractivity contribution is 5.45. The van der Waals surface area contributed by atoms with Crippen LogP contribution in [0.3, 0.4) is 0 Å². The van der Waals surface area contributed by atoms with Crippen molar-refractivity contribution in [1.29, 1.82) is 0 Å². The molecule has 3 aliphatic rings. The van der Waals surface area contributed by atoms with E-state index in [-0.39, 0.29) is 35.8 Å². The van der Waals surface area contributed by atoms with Gasteiger partial charge in [0.1, 0.15) is 5.75 Å². The molecule has 2 fully saturated rings. The Kier molecular flexibility index (Phi) is 1.64. The Morgan fingerprint density at radius 3 is 3.20 bits per heavy atom. The number of likely N-dealkylation sites (N-methyl/N-ethyl adjacent to an activating group) is 1. The molecule has 20 heavy (non-hydrogen) atoms. The molecule has 2 aliphatic carbocycles. The van der Waals surface area contributed by atoms with E-state index < -0.39 is 18.3 Å². The first-order valence-corrected chi connectivity index (χ1v) is 7.44. The van der Waals surface area contributed by atoms with Gasteiger partial charge in [-0.3, -0.25) is 0 Å². The monoisotopic (exact) mass is 278 g/mol. The molecular formula is C18H25NO. The topological polar surface area (TPSA) is 12.5 Å². The first-order valence-electron chi connectivity index (χ1n) is 10.9. The minimum atomic E-state index is -2.23. The largest absolute Gasteiger partial charge is 0.497 e. The molecule has 1 heterocycles.